The molecule has 6 N–H and O–H groups in total. The van der Waals surface area contributed by atoms with Crippen molar-refractivity contribution < 1.29 is 19.4 Å². The number of nitrogens with zero attached hydrogens (tertiary/aromatic N) is 2. The zero-order valence-electron chi connectivity index (χ0n) is 21.2. The zero-order valence-corrected chi connectivity index (χ0v) is 21.2. The number of rotatable bonds is 9. The summed E-state index contributed by atoms with van der Waals surface area (Å²) in [5, 5.41) is 11.6. The van der Waals surface area contributed by atoms with E-state index in [4.69, 9.17) is 21.3 Å². The summed E-state index contributed by atoms with van der Waals surface area (Å²) >= 11 is 0. The summed E-state index contributed by atoms with van der Waals surface area (Å²) in [6.07, 6.45) is 3.65. The van der Waals surface area contributed by atoms with Crippen LogP contribution in [0.2, 0.25) is 0 Å². The van der Waals surface area contributed by atoms with Gasteiger partial charge in [0.1, 0.15) is 17.5 Å². The predicted molar refractivity (Wildman–Crippen MR) is 148 cm³/mol. The molecule has 0 radical (unpaired) electrons. The normalized spacial score (nSPS) is 14.6. The molecule has 9 nitrogen and oxygen atoms in total. The van der Waals surface area contributed by atoms with Gasteiger partial charge in [-0.25, -0.2) is 4.99 Å². The summed E-state index contributed by atoms with van der Waals surface area (Å²) in [4.78, 5) is 30.5. The number of anilines is 1. The number of aliphatic carboxylic acids is 1. The number of carbonyl (C=O) groups excluding carboxylic acids is 1. The quantitative estimate of drug-likeness (QED) is 0.251. The van der Waals surface area contributed by atoms with Crippen molar-refractivity contribution in [3.8, 4) is 11.5 Å². The molecule has 0 aromatic heterocycles. The molecule has 1 aliphatic rings. The van der Waals surface area contributed by atoms with Gasteiger partial charge < -0.3 is 26.2 Å². The lowest BCUT2D eigenvalue weighted by Crippen LogP contribution is -2.37. The molecule has 1 atom stereocenters. The van der Waals surface area contributed by atoms with E-state index >= 15 is 0 Å². The highest BCUT2D eigenvalue weighted by molar-refractivity contribution is 6.05. The van der Waals surface area contributed by atoms with Crippen molar-refractivity contribution in [2.45, 2.75) is 38.3 Å². The van der Waals surface area contributed by atoms with Crippen LogP contribution in [-0.2, 0) is 17.8 Å². The second-order valence-corrected chi connectivity index (χ2v) is 9.22. The number of hydrogen-bond acceptors (Lipinski definition) is 6. The fourth-order valence-electron chi connectivity index (χ4n) is 4.38. The Morgan fingerprint density at radius 2 is 1.68 bits per heavy atom. The van der Waals surface area contributed by atoms with Gasteiger partial charge in [-0.05, 0) is 67.6 Å². The predicted octanol–water partition coefficient (Wildman–Crippen LogP) is 3.67. The smallest absolute Gasteiger partial charge is 0.320 e. The van der Waals surface area contributed by atoms with Gasteiger partial charge in [0.2, 0.25) is 0 Å². The first-order valence-electron chi connectivity index (χ1n) is 12.7. The Kier molecular flexibility index (Phi) is 8.94. The molecule has 9 heteroatoms. The largest absolute Gasteiger partial charge is 0.480 e. The van der Waals surface area contributed by atoms with E-state index in [1.165, 1.54) is 6.42 Å². The van der Waals surface area contributed by atoms with Crippen LogP contribution in [0, 0.1) is 0 Å². The van der Waals surface area contributed by atoms with Crippen LogP contribution >= 0.6 is 0 Å². The number of piperidine rings is 1. The minimum atomic E-state index is -1.07. The summed E-state index contributed by atoms with van der Waals surface area (Å²) in [7, 11) is 0. The van der Waals surface area contributed by atoms with Gasteiger partial charge >= 0.3 is 5.97 Å². The molecule has 1 amide bonds. The second kappa shape index (κ2) is 12.7. The SMILES string of the molecule is NC(=NCc1c(Oc2ccccc2)cccc1N1CCCCC1)NC(=O)c1ccc(C[C@H](N)C(=O)O)cc1. The number of carboxylic acid groups (broad SMARTS) is 1. The van der Waals surface area contributed by atoms with Gasteiger partial charge in [-0.15, -0.1) is 0 Å². The Balaban J connectivity index is 1.49. The number of nitrogens with one attached hydrogen (secondary N) is 1. The number of amides is 1. The summed E-state index contributed by atoms with van der Waals surface area (Å²) in [5.41, 5.74) is 14.7. The molecule has 198 valence electrons. The Bertz CT molecular complexity index is 1270. The summed E-state index contributed by atoms with van der Waals surface area (Å²) in [5.74, 6) is -0.0775. The van der Waals surface area contributed by atoms with Crippen LogP contribution in [0.15, 0.2) is 77.8 Å². The highest BCUT2D eigenvalue weighted by Crippen LogP contribution is 2.34. The van der Waals surface area contributed by atoms with Gasteiger partial charge in [0.25, 0.3) is 5.91 Å². The molecule has 1 heterocycles. The molecule has 1 fully saturated rings. The topological polar surface area (TPSA) is 143 Å². The fraction of sp³-hybridized carbons (Fsp3) is 0.276. The van der Waals surface area contributed by atoms with Gasteiger partial charge in [-0.1, -0.05) is 36.4 Å². The van der Waals surface area contributed by atoms with Crippen molar-refractivity contribution >= 4 is 23.5 Å². The first kappa shape index (κ1) is 26.7. The number of benzene rings is 3. The van der Waals surface area contributed by atoms with Gasteiger partial charge in [-0.2, -0.15) is 0 Å². The zero-order chi connectivity index (χ0) is 26.9. The van der Waals surface area contributed by atoms with Crippen LogP contribution in [0.5, 0.6) is 11.5 Å². The highest BCUT2D eigenvalue weighted by atomic mass is 16.5. The number of guanidine groups is 1. The monoisotopic (exact) mass is 515 g/mol. The lowest BCUT2D eigenvalue weighted by atomic mass is 10.0. The average molecular weight is 516 g/mol. The van der Waals surface area contributed by atoms with Gasteiger partial charge in [0, 0.05) is 29.9 Å². The maximum atomic E-state index is 12.7. The first-order valence-corrected chi connectivity index (χ1v) is 12.7. The maximum Gasteiger partial charge on any atom is 0.320 e. The fourth-order valence-corrected chi connectivity index (χ4v) is 4.38. The number of ether oxygens (including phenoxy) is 1. The van der Waals surface area contributed by atoms with E-state index in [1.54, 1.807) is 24.3 Å². The number of nitrogens with two attached hydrogens (primary N) is 2. The molecule has 1 aliphatic heterocycles. The number of hydrogen-bond donors (Lipinski definition) is 4. The minimum Gasteiger partial charge on any atom is -0.480 e. The van der Waals surface area contributed by atoms with E-state index in [0.717, 1.165) is 48.5 Å². The van der Waals surface area contributed by atoms with Crippen LogP contribution in [0.3, 0.4) is 0 Å². The minimum absolute atomic E-state index is 0.00826. The van der Waals surface area contributed by atoms with Crippen LogP contribution in [0.4, 0.5) is 5.69 Å². The lowest BCUT2D eigenvalue weighted by Gasteiger charge is -2.31. The van der Waals surface area contributed by atoms with E-state index in [0.29, 0.717) is 11.3 Å². The number of carbonyl (C=O) groups is 2. The van der Waals surface area contributed by atoms with Crippen molar-refractivity contribution in [3.63, 3.8) is 0 Å². The average Bonchev–Trinajstić information content (AvgIpc) is 2.93. The molecule has 38 heavy (non-hydrogen) atoms. The molecule has 0 bridgehead atoms. The van der Waals surface area contributed by atoms with E-state index < -0.39 is 17.9 Å². The third kappa shape index (κ3) is 7.10. The van der Waals surface area contributed by atoms with Crippen LogP contribution in [-0.4, -0.2) is 42.1 Å². The number of carboxylic acids is 1. The van der Waals surface area contributed by atoms with Crippen LogP contribution in [0.25, 0.3) is 0 Å². The van der Waals surface area contributed by atoms with E-state index in [1.807, 2.05) is 42.5 Å². The third-order valence-corrected chi connectivity index (χ3v) is 6.41. The summed E-state index contributed by atoms with van der Waals surface area (Å²) in [6.45, 7) is 2.16. The van der Waals surface area contributed by atoms with Crippen molar-refractivity contribution in [2.75, 3.05) is 18.0 Å². The van der Waals surface area contributed by atoms with Crippen LogP contribution < -0.4 is 26.4 Å². The molecular formula is C29H33N5O4. The highest BCUT2D eigenvalue weighted by Gasteiger charge is 2.18. The van der Waals surface area contributed by atoms with Gasteiger partial charge in [-0.3, -0.25) is 14.9 Å². The standard InChI is InChI=1S/C29H33N5O4/c30-24(28(36)37)18-20-12-14-21(15-13-20)27(35)33-29(31)32-19-23-25(34-16-5-2-6-17-34)10-7-11-26(23)38-22-8-3-1-4-9-22/h1,3-4,7-15,24H,2,5-6,16-19,30H2,(H,36,37)(H3,31,32,33,35)/t24-/m0/s1. The summed E-state index contributed by atoms with van der Waals surface area (Å²) < 4.78 is 6.21. The second-order valence-electron chi connectivity index (χ2n) is 9.22. The summed E-state index contributed by atoms with van der Waals surface area (Å²) in [6, 6.07) is 21.1. The third-order valence-electron chi connectivity index (χ3n) is 6.41. The molecule has 4 rings (SSSR count). The van der Waals surface area contributed by atoms with Crippen LogP contribution in [0.1, 0.15) is 40.7 Å². The van der Waals surface area contributed by atoms with E-state index in [2.05, 4.69) is 21.3 Å². The molecule has 0 saturated carbocycles. The Labute approximate surface area is 222 Å². The van der Waals surface area contributed by atoms with E-state index in [-0.39, 0.29) is 18.9 Å². The van der Waals surface area contributed by atoms with Crippen molar-refractivity contribution in [3.05, 3.63) is 89.5 Å². The molecule has 0 unspecified atom stereocenters. The number of aliphatic imine (C=N–C) groups is 1. The van der Waals surface area contributed by atoms with Gasteiger partial charge in [0.15, 0.2) is 5.96 Å². The van der Waals surface area contributed by atoms with Crippen molar-refractivity contribution in [1.82, 2.24) is 5.32 Å². The molecule has 3 aromatic carbocycles. The van der Waals surface area contributed by atoms with Crippen molar-refractivity contribution in [2.24, 2.45) is 16.5 Å². The number of para-hydroxylation sites is 1. The molecule has 3 aromatic rings. The van der Waals surface area contributed by atoms with Crippen molar-refractivity contribution in [1.29, 1.82) is 0 Å². The lowest BCUT2D eigenvalue weighted by molar-refractivity contribution is -0.138. The maximum absolute atomic E-state index is 12.7. The molecular weight excluding hydrogens is 482 g/mol. The Morgan fingerprint density at radius 1 is 0.974 bits per heavy atom. The van der Waals surface area contributed by atoms with E-state index in [9.17, 15) is 9.59 Å². The first-order chi connectivity index (χ1) is 18.4. The molecule has 0 spiro atoms. The Hall–Kier alpha value is -4.37. The Morgan fingerprint density at radius 3 is 2.37 bits per heavy atom. The molecule has 1 saturated heterocycles. The molecule has 0 aliphatic carbocycles. The van der Waals surface area contributed by atoms with Gasteiger partial charge in [0.05, 0.1) is 6.54 Å².